The summed E-state index contributed by atoms with van der Waals surface area (Å²) < 4.78 is 21.0. The first-order chi connectivity index (χ1) is 20.7. The Kier molecular flexibility index (Phi) is 10.9. The van der Waals surface area contributed by atoms with Crippen molar-refractivity contribution >= 4 is 17.6 Å². The van der Waals surface area contributed by atoms with E-state index >= 15 is 0 Å². The van der Waals surface area contributed by atoms with Gasteiger partial charge in [-0.25, -0.2) is 4.39 Å². The molecule has 4 aromatic rings. The number of ether oxygens (including phenoxy) is 1. The molecule has 0 radical (unpaired) electrons. The van der Waals surface area contributed by atoms with Gasteiger partial charge in [0, 0.05) is 23.5 Å². The van der Waals surface area contributed by atoms with Crippen LogP contribution in [0, 0.1) is 5.82 Å². The Morgan fingerprint density at radius 3 is 2.12 bits per heavy atom. The van der Waals surface area contributed by atoms with Gasteiger partial charge in [-0.1, -0.05) is 62.4 Å². The number of amides is 1. The number of hydrogen-bond acceptors (Lipinski definition) is 5. The lowest BCUT2D eigenvalue weighted by Gasteiger charge is -2.20. The molecule has 0 saturated heterocycles. The third-order valence-corrected chi connectivity index (χ3v) is 7.23. The van der Waals surface area contributed by atoms with Crippen LogP contribution in [0.15, 0.2) is 84.9 Å². The first-order valence-corrected chi connectivity index (χ1v) is 14.6. The Bertz CT molecular complexity index is 1500. The van der Waals surface area contributed by atoms with Crippen molar-refractivity contribution in [3.63, 3.8) is 0 Å². The number of hydrogen-bond donors (Lipinski definition) is 3. The summed E-state index contributed by atoms with van der Waals surface area (Å²) in [6.07, 6.45) is -1.93. The Labute approximate surface area is 252 Å². The highest BCUT2D eigenvalue weighted by Gasteiger charge is 2.31. The third kappa shape index (κ3) is 7.97. The van der Waals surface area contributed by atoms with Crippen molar-refractivity contribution in [3.8, 4) is 22.4 Å². The minimum atomic E-state index is -1.05. The highest BCUT2D eigenvalue weighted by Crippen LogP contribution is 2.42. The second kappa shape index (κ2) is 14.8. The fraction of sp³-hybridized carbons (Fsp3) is 0.314. The van der Waals surface area contributed by atoms with Gasteiger partial charge in [-0.3, -0.25) is 9.59 Å². The maximum absolute atomic E-state index is 14.1. The predicted molar refractivity (Wildman–Crippen MR) is 166 cm³/mol. The van der Waals surface area contributed by atoms with Crippen molar-refractivity contribution in [1.29, 1.82) is 0 Å². The summed E-state index contributed by atoms with van der Waals surface area (Å²) in [6.45, 7) is 6.24. The molecule has 3 aromatic carbocycles. The quantitative estimate of drug-likeness (QED) is 0.150. The van der Waals surface area contributed by atoms with E-state index in [1.165, 1.54) is 12.1 Å². The molecule has 0 aliphatic carbocycles. The molecule has 0 spiro atoms. The van der Waals surface area contributed by atoms with Gasteiger partial charge in [0.05, 0.1) is 36.5 Å². The summed E-state index contributed by atoms with van der Waals surface area (Å²) in [5.41, 5.74) is 4.91. The van der Waals surface area contributed by atoms with Gasteiger partial charge in [0.2, 0.25) is 0 Å². The van der Waals surface area contributed by atoms with Gasteiger partial charge in [-0.2, -0.15) is 0 Å². The maximum atomic E-state index is 14.1. The van der Waals surface area contributed by atoms with Gasteiger partial charge in [-0.15, -0.1) is 0 Å². The van der Waals surface area contributed by atoms with E-state index in [2.05, 4.69) is 5.32 Å². The number of carbonyl (C=O) groups excluding carboxylic acids is 2. The summed E-state index contributed by atoms with van der Waals surface area (Å²) in [6, 6.07) is 25.0. The lowest BCUT2D eigenvalue weighted by atomic mass is 9.94. The molecule has 1 heterocycles. The first kappa shape index (κ1) is 31.7. The zero-order valence-corrected chi connectivity index (χ0v) is 24.8. The van der Waals surface area contributed by atoms with E-state index in [4.69, 9.17) is 4.74 Å². The molecular formula is C35H39FN2O5. The molecule has 1 amide bonds. The van der Waals surface area contributed by atoms with E-state index in [0.29, 0.717) is 23.4 Å². The summed E-state index contributed by atoms with van der Waals surface area (Å²) in [4.78, 5) is 25.9. The van der Waals surface area contributed by atoms with Crippen LogP contribution < -0.4 is 5.32 Å². The molecule has 226 valence electrons. The van der Waals surface area contributed by atoms with Crippen LogP contribution in [0.25, 0.3) is 22.4 Å². The number of nitrogens with zero attached hydrogens (tertiary/aromatic N) is 1. The fourth-order valence-corrected chi connectivity index (χ4v) is 5.41. The molecule has 3 N–H and O–H groups in total. The Morgan fingerprint density at radius 2 is 1.51 bits per heavy atom. The number of esters is 1. The molecule has 1 aromatic heterocycles. The van der Waals surface area contributed by atoms with Crippen molar-refractivity contribution in [3.05, 3.63) is 102 Å². The topological polar surface area (TPSA) is 101 Å². The van der Waals surface area contributed by atoms with Crippen LogP contribution in [0.1, 0.15) is 62.0 Å². The highest BCUT2D eigenvalue weighted by atomic mass is 19.1. The van der Waals surface area contributed by atoms with E-state index in [1.807, 2.05) is 79.1 Å². The smallest absolute Gasteiger partial charge is 0.308 e. The number of carbonyl (C=O) groups is 2. The molecular weight excluding hydrogens is 547 g/mol. The Balaban J connectivity index is 1.83. The molecule has 43 heavy (non-hydrogen) atoms. The van der Waals surface area contributed by atoms with Crippen molar-refractivity contribution in [2.75, 3.05) is 11.9 Å². The molecule has 0 fully saturated rings. The average molecular weight is 587 g/mol. The molecule has 2 atom stereocenters. The molecule has 0 aliphatic heterocycles. The second-order valence-corrected chi connectivity index (χ2v) is 10.8. The lowest BCUT2D eigenvalue weighted by Crippen LogP contribution is -2.23. The van der Waals surface area contributed by atoms with Gasteiger partial charge in [-0.05, 0) is 73.2 Å². The van der Waals surface area contributed by atoms with Gasteiger partial charge in [0.15, 0.2) is 0 Å². The van der Waals surface area contributed by atoms with Crippen molar-refractivity contribution < 1.29 is 28.9 Å². The summed E-state index contributed by atoms with van der Waals surface area (Å²) >= 11 is 0. The van der Waals surface area contributed by atoms with Crippen LogP contribution in [0.4, 0.5) is 10.1 Å². The third-order valence-electron chi connectivity index (χ3n) is 7.23. The Morgan fingerprint density at radius 1 is 0.884 bits per heavy atom. The van der Waals surface area contributed by atoms with Crippen LogP contribution in [-0.4, -0.2) is 45.5 Å². The number of halogens is 1. The number of nitrogens with one attached hydrogen (secondary N) is 1. The number of aliphatic hydroxyl groups excluding tert-OH is 2. The summed E-state index contributed by atoms with van der Waals surface area (Å²) in [5, 5.41) is 24.3. The summed E-state index contributed by atoms with van der Waals surface area (Å²) in [5.74, 6) is -1.27. The Hall–Kier alpha value is -4.27. The van der Waals surface area contributed by atoms with E-state index < -0.39 is 18.2 Å². The van der Waals surface area contributed by atoms with Gasteiger partial charge in [0.1, 0.15) is 5.82 Å². The number of rotatable bonds is 13. The highest BCUT2D eigenvalue weighted by molar-refractivity contribution is 6.12. The van der Waals surface area contributed by atoms with E-state index in [0.717, 1.165) is 22.5 Å². The second-order valence-electron chi connectivity index (χ2n) is 10.8. The number of anilines is 1. The summed E-state index contributed by atoms with van der Waals surface area (Å²) in [7, 11) is 0. The molecule has 4 rings (SSSR count). The van der Waals surface area contributed by atoms with E-state index in [9.17, 15) is 24.2 Å². The zero-order valence-electron chi connectivity index (χ0n) is 24.8. The fourth-order valence-electron chi connectivity index (χ4n) is 5.41. The monoisotopic (exact) mass is 586 g/mol. The van der Waals surface area contributed by atoms with E-state index in [-0.39, 0.29) is 43.5 Å². The lowest BCUT2D eigenvalue weighted by molar-refractivity contribution is -0.145. The molecule has 0 bridgehead atoms. The number of para-hydroxylation sites is 1. The van der Waals surface area contributed by atoms with Crippen LogP contribution in [0.2, 0.25) is 0 Å². The van der Waals surface area contributed by atoms with Crippen molar-refractivity contribution in [1.82, 2.24) is 4.57 Å². The normalized spacial score (nSPS) is 12.6. The van der Waals surface area contributed by atoms with Gasteiger partial charge in [0.25, 0.3) is 5.91 Å². The van der Waals surface area contributed by atoms with Gasteiger partial charge < -0.3 is 24.8 Å². The molecule has 2 unspecified atom stereocenters. The van der Waals surface area contributed by atoms with Crippen LogP contribution in [0.5, 0.6) is 0 Å². The molecule has 7 nitrogen and oxygen atoms in total. The SMILES string of the molecule is CCOC(=O)CC(O)CC(O)CCn1c(-c2ccc(F)cc2)c(-c2ccccc2)c(C(=O)Nc2ccccc2)c1C(C)C. The predicted octanol–water partition coefficient (Wildman–Crippen LogP) is 6.79. The molecule has 0 aliphatic rings. The minimum Gasteiger partial charge on any atom is -0.466 e. The van der Waals surface area contributed by atoms with Crippen LogP contribution in [0.3, 0.4) is 0 Å². The maximum Gasteiger partial charge on any atom is 0.308 e. The van der Waals surface area contributed by atoms with Crippen molar-refractivity contribution in [2.24, 2.45) is 0 Å². The zero-order chi connectivity index (χ0) is 30.9. The standard InChI is InChI=1S/C35H39FN2O5/c1-4-43-30(41)22-29(40)21-28(39)19-20-38-33(23(2)3)32(35(42)37-27-13-9-6-10-14-27)31(24-11-7-5-8-12-24)34(38)25-15-17-26(36)18-16-25/h5-18,23,28-29,39-40H,4,19-22H2,1-3H3,(H,37,42). The van der Waals surface area contributed by atoms with Crippen LogP contribution >= 0.6 is 0 Å². The van der Waals surface area contributed by atoms with Crippen LogP contribution in [-0.2, 0) is 16.1 Å². The van der Waals surface area contributed by atoms with Gasteiger partial charge >= 0.3 is 5.97 Å². The first-order valence-electron chi connectivity index (χ1n) is 14.6. The van der Waals surface area contributed by atoms with Crippen molar-refractivity contribution in [2.45, 2.75) is 64.7 Å². The minimum absolute atomic E-state index is 0.00410. The average Bonchev–Trinajstić information content (AvgIpc) is 3.33. The number of aliphatic hydroxyl groups is 2. The number of benzene rings is 3. The largest absolute Gasteiger partial charge is 0.466 e. The molecule has 8 heteroatoms. The number of aromatic nitrogens is 1. The molecule has 0 saturated carbocycles. The van der Waals surface area contributed by atoms with E-state index in [1.54, 1.807) is 19.1 Å².